The zero-order chi connectivity index (χ0) is 44.3. The molecular weight excluding hydrogens is 801 g/mol. The van der Waals surface area contributed by atoms with Crippen LogP contribution < -0.4 is 10.6 Å². The fraction of sp³-hybridized carbons (Fsp3) is 0.458. The number of methoxy groups -OCH3 is 2. The highest BCUT2D eigenvalue weighted by Crippen LogP contribution is 2.58. The van der Waals surface area contributed by atoms with Gasteiger partial charge < -0.3 is 44.3 Å². The van der Waals surface area contributed by atoms with Crippen molar-refractivity contribution in [2.24, 2.45) is 23.2 Å². The third-order valence-corrected chi connectivity index (χ3v) is 13.7. The number of carbonyl (C=O) groups is 4. The van der Waals surface area contributed by atoms with Crippen LogP contribution in [0, 0.1) is 23.2 Å². The second kappa shape index (κ2) is 16.4. The van der Waals surface area contributed by atoms with E-state index in [4.69, 9.17) is 23.9 Å². The first-order valence-corrected chi connectivity index (χ1v) is 22.1. The van der Waals surface area contributed by atoms with Gasteiger partial charge in [0, 0.05) is 29.4 Å². The van der Waals surface area contributed by atoms with Crippen LogP contribution in [0.4, 0.5) is 9.59 Å². The van der Waals surface area contributed by atoms with Crippen LogP contribution in [-0.2, 0) is 19.1 Å². The second-order valence-electron chi connectivity index (χ2n) is 18.4. The van der Waals surface area contributed by atoms with Gasteiger partial charge in [0.1, 0.15) is 34.9 Å². The lowest BCUT2D eigenvalue weighted by atomic mass is 9.96. The highest BCUT2D eigenvalue weighted by molar-refractivity contribution is 6.07. The number of amides is 4. The van der Waals surface area contributed by atoms with E-state index >= 15 is 0 Å². The van der Waals surface area contributed by atoms with E-state index in [1.807, 2.05) is 55.8 Å². The molecule has 3 fully saturated rings. The second-order valence-corrected chi connectivity index (χ2v) is 18.4. The Morgan fingerprint density at radius 1 is 0.810 bits per heavy atom. The molecule has 3 aromatic carbocycles. The normalized spacial score (nSPS) is 20.3. The standard InChI is InChI=1S/C48H56N8O7/c1-8-27-15-18-55(44(57)39(25(2)3)53-46(59)61-6)41(27)43-50-33-14-11-28(19-34(33)51-43)29-9-12-31-32-13-10-30(21-38(32)63-37(31)20-29)35-23-49-42(52-35)36-22-48(16-17-48)24-56(36)45(58)40(26(4)5)54-47(60)62-7/h9-14,19-21,23,25-27,36,39-41H,8,15-18,22,24H2,1-7H3,(H,49,52)(H,50,51)(H,53,59)(H,54,60)/t27-,36+,39+,40?,41+/m1/s1. The van der Waals surface area contributed by atoms with Crippen LogP contribution in [0.1, 0.15) is 90.5 Å². The Morgan fingerprint density at radius 3 is 2.03 bits per heavy atom. The number of H-pyrrole nitrogens is 2. The Kier molecular flexibility index (Phi) is 10.9. The predicted molar refractivity (Wildman–Crippen MR) is 238 cm³/mol. The molecule has 1 aliphatic carbocycles. The number of alkyl carbamates (subject to hydrolysis) is 2. The van der Waals surface area contributed by atoms with Gasteiger partial charge in [-0.15, -0.1) is 0 Å². The maximum absolute atomic E-state index is 14.0. The highest BCUT2D eigenvalue weighted by atomic mass is 16.5. The largest absolute Gasteiger partial charge is 0.456 e. The fourth-order valence-corrected chi connectivity index (χ4v) is 9.86. The van der Waals surface area contributed by atoms with E-state index < -0.39 is 24.3 Å². The van der Waals surface area contributed by atoms with E-state index in [-0.39, 0.29) is 47.1 Å². The molecule has 4 amide bonds. The van der Waals surface area contributed by atoms with Gasteiger partial charge >= 0.3 is 12.2 Å². The van der Waals surface area contributed by atoms with Gasteiger partial charge in [0.05, 0.1) is 49.2 Å². The molecule has 9 rings (SSSR count). The Bertz CT molecular complexity index is 2730. The third-order valence-electron chi connectivity index (χ3n) is 13.7. The number of benzene rings is 3. The van der Waals surface area contributed by atoms with Crippen LogP contribution in [0.2, 0.25) is 0 Å². The topological polar surface area (TPSA) is 188 Å². The summed E-state index contributed by atoms with van der Waals surface area (Å²) in [6, 6.07) is 16.6. The number of hydrogen-bond donors (Lipinski definition) is 4. The third kappa shape index (κ3) is 7.75. The van der Waals surface area contributed by atoms with E-state index in [9.17, 15) is 19.2 Å². The molecule has 0 radical (unpaired) electrons. The quantitative estimate of drug-likeness (QED) is 0.0989. The van der Waals surface area contributed by atoms with Crippen molar-refractivity contribution in [1.29, 1.82) is 0 Å². The summed E-state index contributed by atoms with van der Waals surface area (Å²) in [5.74, 6) is 1.17. The average molecular weight is 857 g/mol. The number of imidazole rings is 2. The number of furan rings is 1. The van der Waals surface area contributed by atoms with Crippen molar-refractivity contribution in [3.8, 4) is 22.4 Å². The number of nitrogens with zero attached hydrogens (tertiary/aromatic N) is 4. The molecule has 3 aliphatic rings. The molecule has 15 nitrogen and oxygen atoms in total. The average Bonchev–Trinajstić information content (AvgIpc) is 3.86. The SMILES string of the molecule is CC[C@@H]1CCN(C(=O)[C@@H](NC(=O)OC)C(C)C)[C@@H]1c1nc2ccc(-c3ccc4c(c3)oc3cc(-c5cnc([C@@H]6CC7(CC7)CN6C(=O)C(NC(=O)OC)C(C)C)[nH]5)ccc34)cc2[nH]1. The number of fused-ring (bicyclic) bond motifs is 4. The predicted octanol–water partition coefficient (Wildman–Crippen LogP) is 8.63. The lowest BCUT2D eigenvalue weighted by molar-refractivity contribution is -0.136. The molecule has 4 N–H and O–H groups in total. The fourth-order valence-electron chi connectivity index (χ4n) is 9.86. The molecule has 330 valence electrons. The number of aromatic nitrogens is 4. The maximum atomic E-state index is 14.0. The summed E-state index contributed by atoms with van der Waals surface area (Å²) in [5, 5.41) is 7.49. The first-order valence-electron chi connectivity index (χ1n) is 22.1. The number of ether oxygens (including phenoxy) is 2. The minimum Gasteiger partial charge on any atom is -0.456 e. The number of nitrogens with one attached hydrogen (secondary N) is 4. The van der Waals surface area contributed by atoms with E-state index in [1.54, 1.807) is 0 Å². The van der Waals surface area contributed by atoms with Gasteiger partial charge in [0.15, 0.2) is 0 Å². The number of aromatic amines is 2. The molecule has 1 spiro atoms. The van der Waals surface area contributed by atoms with Crippen LogP contribution in [0.3, 0.4) is 0 Å². The zero-order valence-corrected chi connectivity index (χ0v) is 36.9. The van der Waals surface area contributed by atoms with Crippen molar-refractivity contribution < 1.29 is 33.1 Å². The lowest BCUT2D eigenvalue weighted by Gasteiger charge is -2.31. The van der Waals surface area contributed by atoms with E-state index in [2.05, 4.69) is 70.0 Å². The number of hydrogen-bond acceptors (Lipinski definition) is 9. The zero-order valence-electron chi connectivity index (χ0n) is 36.9. The maximum Gasteiger partial charge on any atom is 0.407 e. The first-order chi connectivity index (χ1) is 30.3. The summed E-state index contributed by atoms with van der Waals surface area (Å²) in [7, 11) is 2.60. The molecular formula is C48H56N8O7. The van der Waals surface area contributed by atoms with Crippen molar-refractivity contribution in [2.45, 2.75) is 90.9 Å². The van der Waals surface area contributed by atoms with Crippen molar-refractivity contribution in [1.82, 2.24) is 40.4 Å². The summed E-state index contributed by atoms with van der Waals surface area (Å²) in [5.41, 5.74) is 7.00. The minimum atomic E-state index is -0.714. The highest BCUT2D eigenvalue weighted by Gasteiger charge is 2.55. The molecule has 3 aromatic heterocycles. The summed E-state index contributed by atoms with van der Waals surface area (Å²) in [6.07, 6.45) is 5.26. The van der Waals surface area contributed by atoms with E-state index in [0.717, 1.165) is 99.1 Å². The van der Waals surface area contributed by atoms with E-state index in [0.29, 0.717) is 13.1 Å². The van der Waals surface area contributed by atoms with Crippen molar-refractivity contribution in [2.75, 3.05) is 27.3 Å². The van der Waals surface area contributed by atoms with Gasteiger partial charge in [-0.25, -0.2) is 19.6 Å². The summed E-state index contributed by atoms with van der Waals surface area (Å²) in [4.78, 5) is 72.9. The van der Waals surface area contributed by atoms with Gasteiger partial charge in [-0.3, -0.25) is 9.59 Å². The van der Waals surface area contributed by atoms with Crippen LogP contribution in [0.15, 0.2) is 65.2 Å². The number of rotatable bonds is 11. The monoisotopic (exact) mass is 856 g/mol. The number of likely N-dealkylation sites (tertiary alicyclic amines) is 2. The van der Waals surface area contributed by atoms with Gasteiger partial charge in [0.25, 0.3) is 0 Å². The van der Waals surface area contributed by atoms with E-state index in [1.165, 1.54) is 14.2 Å². The van der Waals surface area contributed by atoms with Crippen molar-refractivity contribution in [3.05, 3.63) is 72.4 Å². The van der Waals surface area contributed by atoms with Gasteiger partial charge in [-0.05, 0) is 96.4 Å². The summed E-state index contributed by atoms with van der Waals surface area (Å²) >= 11 is 0. The van der Waals surface area contributed by atoms with Gasteiger partial charge in [-0.1, -0.05) is 59.2 Å². The number of carbonyl (C=O) groups excluding carboxylic acids is 4. The molecule has 1 unspecified atom stereocenters. The van der Waals surface area contributed by atoms with Crippen LogP contribution in [0.25, 0.3) is 55.4 Å². The van der Waals surface area contributed by atoms with Crippen LogP contribution in [-0.4, -0.2) is 93.1 Å². The Hall–Kier alpha value is -6.38. The van der Waals surface area contributed by atoms with Crippen LogP contribution in [0.5, 0.6) is 0 Å². The summed E-state index contributed by atoms with van der Waals surface area (Å²) < 4.78 is 16.2. The van der Waals surface area contributed by atoms with Crippen molar-refractivity contribution >= 4 is 57.0 Å². The smallest absolute Gasteiger partial charge is 0.407 e. The Balaban J connectivity index is 0.959. The molecule has 0 bridgehead atoms. The Morgan fingerprint density at radius 2 is 1.41 bits per heavy atom. The summed E-state index contributed by atoms with van der Waals surface area (Å²) in [6.45, 7) is 11.0. The lowest BCUT2D eigenvalue weighted by Crippen LogP contribution is -2.51. The molecule has 5 heterocycles. The molecule has 15 heteroatoms. The van der Waals surface area contributed by atoms with Gasteiger partial charge in [0.2, 0.25) is 11.8 Å². The Labute approximate surface area is 365 Å². The minimum absolute atomic E-state index is 0.0978. The first kappa shape index (κ1) is 41.9. The molecule has 6 aromatic rings. The molecule has 1 saturated carbocycles. The molecule has 5 atom stereocenters. The van der Waals surface area contributed by atoms with Crippen LogP contribution >= 0.6 is 0 Å². The van der Waals surface area contributed by atoms with Gasteiger partial charge in [-0.2, -0.15) is 0 Å². The molecule has 63 heavy (non-hydrogen) atoms. The van der Waals surface area contributed by atoms with Crippen molar-refractivity contribution in [3.63, 3.8) is 0 Å². The molecule has 2 aliphatic heterocycles. The molecule has 2 saturated heterocycles.